The third-order valence-electron chi connectivity index (χ3n) is 2.37. The molecule has 1 aliphatic rings. The van der Waals surface area contributed by atoms with E-state index in [1.54, 1.807) is 26.8 Å². The zero-order valence-electron chi connectivity index (χ0n) is 9.74. The number of carboxylic acid groups (broad SMARTS) is 1. The van der Waals surface area contributed by atoms with Crippen molar-refractivity contribution in [2.45, 2.75) is 44.8 Å². The van der Waals surface area contributed by atoms with Gasteiger partial charge >= 0.3 is 11.9 Å². The number of allylic oxidation sites excluding steroid dienone is 1. The highest BCUT2D eigenvalue weighted by Gasteiger charge is 2.45. The number of carbonyl (C=O) groups excluding carboxylic acids is 1. The van der Waals surface area contributed by atoms with Crippen LogP contribution in [0.25, 0.3) is 0 Å². The average Bonchev–Trinajstić information content (AvgIpc) is 2.45. The summed E-state index contributed by atoms with van der Waals surface area (Å²) < 4.78 is 5.12. The summed E-state index contributed by atoms with van der Waals surface area (Å²) in [4.78, 5) is 22.8. The van der Waals surface area contributed by atoms with Crippen molar-refractivity contribution >= 4 is 11.9 Å². The van der Waals surface area contributed by atoms with Crippen molar-refractivity contribution in [1.29, 1.82) is 0 Å². The number of hydrogen-bond acceptors (Lipinski definition) is 4. The maximum Gasteiger partial charge on any atom is 0.336 e. The van der Waals surface area contributed by atoms with E-state index in [1.165, 1.54) is 0 Å². The van der Waals surface area contributed by atoms with E-state index >= 15 is 0 Å². The molecule has 0 spiro atoms. The van der Waals surface area contributed by atoms with Crippen molar-refractivity contribution in [2.75, 3.05) is 0 Å². The molecule has 3 N–H and O–H groups in total. The van der Waals surface area contributed by atoms with Crippen LogP contribution in [0.3, 0.4) is 0 Å². The summed E-state index contributed by atoms with van der Waals surface area (Å²) in [5.41, 5.74) is 3.50. The van der Waals surface area contributed by atoms with Crippen molar-refractivity contribution < 1.29 is 19.4 Å². The zero-order chi connectivity index (χ0) is 12.6. The fourth-order valence-corrected chi connectivity index (χ4v) is 1.58. The molecule has 0 bridgehead atoms. The third-order valence-corrected chi connectivity index (χ3v) is 2.37. The molecular weight excluding hydrogens is 210 g/mol. The van der Waals surface area contributed by atoms with Crippen LogP contribution in [0.1, 0.15) is 33.6 Å². The van der Waals surface area contributed by atoms with E-state index in [2.05, 4.69) is 0 Å². The number of hydrogen-bond donors (Lipinski definition) is 2. The van der Waals surface area contributed by atoms with Crippen LogP contribution in [0.15, 0.2) is 11.6 Å². The van der Waals surface area contributed by atoms with Crippen molar-refractivity contribution in [3.63, 3.8) is 0 Å². The lowest BCUT2D eigenvalue weighted by Crippen LogP contribution is -2.50. The second-order valence-corrected chi connectivity index (χ2v) is 4.93. The Kier molecular flexibility index (Phi) is 3.10. The Morgan fingerprint density at radius 2 is 2.06 bits per heavy atom. The molecule has 5 heteroatoms. The van der Waals surface area contributed by atoms with Crippen LogP contribution in [-0.2, 0) is 14.3 Å². The highest BCUT2D eigenvalue weighted by atomic mass is 16.6. The summed E-state index contributed by atoms with van der Waals surface area (Å²) in [5, 5.41) is 9.02. The predicted molar refractivity (Wildman–Crippen MR) is 57.7 cm³/mol. The topological polar surface area (TPSA) is 89.6 Å². The van der Waals surface area contributed by atoms with Gasteiger partial charge in [0.15, 0.2) is 0 Å². The second-order valence-electron chi connectivity index (χ2n) is 4.93. The molecule has 1 rings (SSSR count). The summed E-state index contributed by atoms with van der Waals surface area (Å²) in [5.74, 6) is -1.84. The van der Waals surface area contributed by atoms with Crippen LogP contribution >= 0.6 is 0 Å². The number of ether oxygens (including phenoxy) is 1. The number of rotatable bonds is 2. The molecular formula is C11H17NO4. The normalized spacial score (nSPS) is 25.1. The molecule has 0 saturated carbocycles. The van der Waals surface area contributed by atoms with E-state index in [1.807, 2.05) is 0 Å². The highest BCUT2D eigenvalue weighted by Crippen LogP contribution is 2.30. The predicted octanol–water partition coefficient (Wildman–Crippen LogP) is 0.830. The first kappa shape index (κ1) is 12.7. The quantitative estimate of drug-likeness (QED) is 0.682. The standard InChI is InChI=1S/C11H17NO4/c1-10(2,3)16-8(13)7-5-4-6-11(7,12)9(14)15/h5H,4,6,12H2,1-3H3,(H,14,15). The number of carboxylic acids is 1. The van der Waals surface area contributed by atoms with Gasteiger partial charge in [0.1, 0.15) is 11.1 Å². The van der Waals surface area contributed by atoms with Crippen LogP contribution in [0.2, 0.25) is 0 Å². The average molecular weight is 227 g/mol. The van der Waals surface area contributed by atoms with Gasteiger partial charge < -0.3 is 15.6 Å². The first-order valence-electron chi connectivity index (χ1n) is 5.13. The minimum atomic E-state index is -1.59. The van der Waals surface area contributed by atoms with Crippen molar-refractivity contribution in [2.24, 2.45) is 5.73 Å². The number of esters is 1. The maximum absolute atomic E-state index is 11.7. The molecule has 90 valence electrons. The lowest BCUT2D eigenvalue weighted by atomic mass is 9.92. The Hall–Kier alpha value is -1.36. The summed E-state index contributed by atoms with van der Waals surface area (Å²) in [6, 6.07) is 0. The third kappa shape index (κ3) is 2.41. The van der Waals surface area contributed by atoms with Crippen LogP contribution in [-0.4, -0.2) is 28.2 Å². The van der Waals surface area contributed by atoms with Crippen LogP contribution < -0.4 is 5.73 Å². The summed E-state index contributed by atoms with van der Waals surface area (Å²) in [7, 11) is 0. The van der Waals surface area contributed by atoms with E-state index in [0.29, 0.717) is 6.42 Å². The van der Waals surface area contributed by atoms with Gasteiger partial charge in [-0.05, 0) is 33.6 Å². The fourth-order valence-electron chi connectivity index (χ4n) is 1.58. The SMILES string of the molecule is CC(C)(C)OC(=O)C1=CCCC1(N)C(=O)O. The molecule has 16 heavy (non-hydrogen) atoms. The lowest BCUT2D eigenvalue weighted by molar-refractivity contribution is -0.154. The lowest BCUT2D eigenvalue weighted by Gasteiger charge is -2.25. The number of aliphatic carboxylic acids is 1. The smallest absolute Gasteiger partial charge is 0.336 e. The van der Waals surface area contributed by atoms with Gasteiger partial charge in [0.25, 0.3) is 0 Å². The van der Waals surface area contributed by atoms with Crippen LogP contribution in [0.5, 0.6) is 0 Å². The Balaban J connectivity index is 2.89. The molecule has 0 heterocycles. The van der Waals surface area contributed by atoms with E-state index in [4.69, 9.17) is 15.6 Å². The maximum atomic E-state index is 11.7. The molecule has 1 aliphatic carbocycles. The first-order chi connectivity index (χ1) is 7.17. The molecule has 0 aromatic carbocycles. The molecule has 0 radical (unpaired) electrons. The second kappa shape index (κ2) is 3.90. The number of carbonyl (C=O) groups is 2. The van der Waals surface area contributed by atoms with Gasteiger partial charge in [0.05, 0.1) is 5.57 Å². The monoisotopic (exact) mass is 227 g/mol. The van der Waals surface area contributed by atoms with E-state index in [-0.39, 0.29) is 12.0 Å². The molecule has 0 aliphatic heterocycles. The van der Waals surface area contributed by atoms with Gasteiger partial charge in [-0.25, -0.2) is 9.59 Å². The largest absolute Gasteiger partial charge is 0.480 e. The van der Waals surface area contributed by atoms with Gasteiger partial charge in [-0.2, -0.15) is 0 Å². The molecule has 0 fully saturated rings. The first-order valence-corrected chi connectivity index (χ1v) is 5.13. The minimum absolute atomic E-state index is 0.0509. The Morgan fingerprint density at radius 1 is 1.50 bits per heavy atom. The van der Waals surface area contributed by atoms with E-state index in [0.717, 1.165) is 0 Å². The van der Waals surface area contributed by atoms with Gasteiger partial charge in [0, 0.05) is 0 Å². The van der Waals surface area contributed by atoms with Crippen molar-refractivity contribution in [3.8, 4) is 0 Å². The molecule has 0 aromatic rings. The Bertz CT molecular complexity index is 353. The van der Waals surface area contributed by atoms with Crippen molar-refractivity contribution in [3.05, 3.63) is 11.6 Å². The van der Waals surface area contributed by atoms with Gasteiger partial charge in [-0.15, -0.1) is 0 Å². The fraction of sp³-hybridized carbons (Fsp3) is 0.636. The molecule has 0 amide bonds. The molecule has 0 saturated heterocycles. The summed E-state index contributed by atoms with van der Waals surface area (Å²) >= 11 is 0. The van der Waals surface area contributed by atoms with E-state index in [9.17, 15) is 9.59 Å². The molecule has 1 atom stereocenters. The minimum Gasteiger partial charge on any atom is -0.480 e. The van der Waals surface area contributed by atoms with Gasteiger partial charge in [0.2, 0.25) is 0 Å². The summed E-state index contributed by atoms with van der Waals surface area (Å²) in [6.45, 7) is 5.16. The Labute approximate surface area is 94.3 Å². The highest BCUT2D eigenvalue weighted by molar-refractivity contribution is 6.01. The summed E-state index contributed by atoms with van der Waals surface area (Å²) in [6.07, 6.45) is 2.26. The molecule has 5 nitrogen and oxygen atoms in total. The number of nitrogens with two attached hydrogens (primary N) is 1. The van der Waals surface area contributed by atoms with Crippen LogP contribution in [0.4, 0.5) is 0 Å². The van der Waals surface area contributed by atoms with E-state index < -0.39 is 23.1 Å². The van der Waals surface area contributed by atoms with Crippen LogP contribution in [0, 0.1) is 0 Å². The zero-order valence-corrected chi connectivity index (χ0v) is 9.74. The molecule has 0 aromatic heterocycles. The van der Waals surface area contributed by atoms with Crippen molar-refractivity contribution in [1.82, 2.24) is 0 Å². The van der Waals surface area contributed by atoms with Gasteiger partial charge in [-0.1, -0.05) is 6.08 Å². The van der Waals surface area contributed by atoms with Gasteiger partial charge in [-0.3, -0.25) is 0 Å². The Morgan fingerprint density at radius 3 is 2.50 bits per heavy atom. The molecule has 1 unspecified atom stereocenters.